The second-order valence-corrected chi connectivity index (χ2v) is 7.06. The summed E-state index contributed by atoms with van der Waals surface area (Å²) < 4.78 is 5.28. The van der Waals surface area contributed by atoms with Crippen molar-refractivity contribution in [1.82, 2.24) is 15.5 Å². The molecule has 144 valence electrons. The number of carbonyl (C=O) groups is 2. The first-order chi connectivity index (χ1) is 12.2. The maximum atomic E-state index is 11.8. The van der Waals surface area contributed by atoms with Crippen LogP contribution in [-0.4, -0.2) is 55.5 Å². The van der Waals surface area contributed by atoms with Crippen molar-refractivity contribution in [3.8, 4) is 0 Å². The van der Waals surface area contributed by atoms with E-state index in [4.69, 9.17) is 4.74 Å². The van der Waals surface area contributed by atoms with Gasteiger partial charge in [-0.2, -0.15) is 0 Å². The van der Waals surface area contributed by atoms with E-state index in [1.807, 2.05) is 51.1 Å². The van der Waals surface area contributed by atoms with Crippen LogP contribution in [0.4, 0.5) is 0 Å². The second kappa shape index (κ2) is 10.4. The van der Waals surface area contributed by atoms with E-state index in [-0.39, 0.29) is 24.8 Å². The minimum Gasteiger partial charge on any atom is -0.460 e. The van der Waals surface area contributed by atoms with Gasteiger partial charge in [0.25, 0.3) is 0 Å². The van der Waals surface area contributed by atoms with Crippen molar-refractivity contribution in [2.24, 2.45) is 4.99 Å². The van der Waals surface area contributed by atoms with Crippen molar-refractivity contribution in [3.63, 3.8) is 0 Å². The Kier molecular flexibility index (Phi) is 8.61. The van der Waals surface area contributed by atoms with Crippen LogP contribution in [0.1, 0.15) is 32.8 Å². The van der Waals surface area contributed by atoms with Crippen molar-refractivity contribution in [3.05, 3.63) is 35.9 Å². The number of esters is 1. The van der Waals surface area contributed by atoms with Gasteiger partial charge in [0.15, 0.2) is 5.96 Å². The van der Waals surface area contributed by atoms with Gasteiger partial charge in [-0.15, -0.1) is 0 Å². The molecule has 0 saturated carbocycles. The molecule has 0 unspecified atom stereocenters. The Morgan fingerprint density at radius 3 is 2.35 bits per heavy atom. The van der Waals surface area contributed by atoms with Gasteiger partial charge in [-0.05, 0) is 26.3 Å². The van der Waals surface area contributed by atoms with Gasteiger partial charge in [0.05, 0.1) is 19.5 Å². The van der Waals surface area contributed by atoms with E-state index in [2.05, 4.69) is 15.6 Å². The molecule has 0 heterocycles. The van der Waals surface area contributed by atoms with E-state index in [0.29, 0.717) is 19.0 Å². The molecule has 0 saturated heterocycles. The lowest BCUT2D eigenvalue weighted by molar-refractivity contribution is -0.154. The highest BCUT2D eigenvalue weighted by atomic mass is 16.6. The van der Waals surface area contributed by atoms with Crippen LogP contribution in [-0.2, 0) is 20.9 Å². The molecule has 1 aromatic carbocycles. The topological polar surface area (TPSA) is 83.0 Å². The van der Waals surface area contributed by atoms with Gasteiger partial charge in [-0.1, -0.05) is 30.3 Å². The number of amides is 1. The molecular formula is C19H30N4O3. The highest BCUT2D eigenvalue weighted by Crippen LogP contribution is 2.07. The SMILES string of the molecule is CN(C)C(=O)CNC(=NCc1ccccc1)NCCC(=O)OC(C)(C)C. The zero-order chi connectivity index (χ0) is 19.6. The number of rotatable bonds is 7. The number of benzene rings is 1. The van der Waals surface area contributed by atoms with Gasteiger partial charge in [-0.25, -0.2) is 4.99 Å². The largest absolute Gasteiger partial charge is 0.460 e. The number of carbonyl (C=O) groups excluding carboxylic acids is 2. The van der Waals surface area contributed by atoms with Crippen LogP contribution >= 0.6 is 0 Å². The summed E-state index contributed by atoms with van der Waals surface area (Å²) in [4.78, 5) is 29.5. The first kappa shape index (κ1) is 21.5. The van der Waals surface area contributed by atoms with Crippen LogP contribution < -0.4 is 10.6 Å². The van der Waals surface area contributed by atoms with E-state index >= 15 is 0 Å². The zero-order valence-corrected chi connectivity index (χ0v) is 16.3. The minimum absolute atomic E-state index is 0.0636. The number of ether oxygens (including phenoxy) is 1. The summed E-state index contributed by atoms with van der Waals surface area (Å²) in [5, 5.41) is 6.06. The molecule has 0 spiro atoms. The van der Waals surface area contributed by atoms with E-state index < -0.39 is 5.60 Å². The third-order valence-electron chi connectivity index (χ3n) is 3.21. The first-order valence-electron chi connectivity index (χ1n) is 8.65. The number of likely N-dealkylation sites (N-methyl/N-ethyl adjacent to an activating group) is 1. The Balaban J connectivity index is 2.59. The van der Waals surface area contributed by atoms with E-state index in [9.17, 15) is 9.59 Å². The van der Waals surface area contributed by atoms with Gasteiger partial charge in [0, 0.05) is 20.6 Å². The summed E-state index contributed by atoms with van der Waals surface area (Å²) >= 11 is 0. The molecular weight excluding hydrogens is 332 g/mol. The molecule has 7 heteroatoms. The van der Waals surface area contributed by atoms with Gasteiger partial charge in [0.2, 0.25) is 5.91 Å². The summed E-state index contributed by atoms with van der Waals surface area (Å²) in [6.45, 7) is 6.46. The minimum atomic E-state index is -0.502. The third kappa shape index (κ3) is 9.66. The molecule has 0 aliphatic rings. The summed E-state index contributed by atoms with van der Waals surface area (Å²) in [6, 6.07) is 9.80. The smallest absolute Gasteiger partial charge is 0.308 e. The molecule has 2 N–H and O–H groups in total. The maximum absolute atomic E-state index is 11.8. The predicted molar refractivity (Wildman–Crippen MR) is 103 cm³/mol. The summed E-state index contributed by atoms with van der Waals surface area (Å²) in [6.07, 6.45) is 0.213. The number of hydrogen-bond acceptors (Lipinski definition) is 4. The van der Waals surface area contributed by atoms with E-state index in [1.54, 1.807) is 14.1 Å². The number of nitrogens with zero attached hydrogens (tertiary/aromatic N) is 2. The standard InChI is InChI=1S/C19H30N4O3/c1-19(2,3)26-17(25)11-12-20-18(22-14-16(24)23(4)5)21-13-15-9-7-6-8-10-15/h6-10H,11-14H2,1-5H3,(H2,20,21,22). The molecule has 0 fully saturated rings. The molecule has 1 rings (SSSR count). The number of hydrogen-bond donors (Lipinski definition) is 2. The molecule has 1 amide bonds. The fraction of sp³-hybridized carbons (Fsp3) is 0.526. The number of guanidine groups is 1. The van der Waals surface area contributed by atoms with Crippen molar-refractivity contribution in [2.75, 3.05) is 27.2 Å². The summed E-state index contributed by atoms with van der Waals surface area (Å²) in [5.41, 5.74) is 0.553. The monoisotopic (exact) mass is 362 g/mol. The highest BCUT2D eigenvalue weighted by molar-refractivity contribution is 5.86. The lowest BCUT2D eigenvalue weighted by Crippen LogP contribution is -2.43. The average Bonchev–Trinajstić information content (AvgIpc) is 2.55. The van der Waals surface area contributed by atoms with Crippen LogP contribution in [0.15, 0.2) is 35.3 Å². The maximum Gasteiger partial charge on any atom is 0.308 e. The number of aliphatic imine (C=N–C) groups is 1. The van der Waals surface area contributed by atoms with Gasteiger partial charge in [0.1, 0.15) is 5.60 Å². The Morgan fingerprint density at radius 1 is 1.12 bits per heavy atom. The van der Waals surface area contributed by atoms with Crippen molar-refractivity contribution in [1.29, 1.82) is 0 Å². The van der Waals surface area contributed by atoms with Crippen molar-refractivity contribution >= 4 is 17.8 Å². The van der Waals surface area contributed by atoms with Crippen molar-refractivity contribution < 1.29 is 14.3 Å². The Hall–Kier alpha value is -2.57. The molecule has 1 aromatic rings. The molecule has 7 nitrogen and oxygen atoms in total. The van der Waals surface area contributed by atoms with E-state index in [0.717, 1.165) is 5.56 Å². The summed E-state index contributed by atoms with van der Waals surface area (Å²) in [7, 11) is 3.39. The van der Waals surface area contributed by atoms with E-state index in [1.165, 1.54) is 4.90 Å². The fourth-order valence-corrected chi connectivity index (χ4v) is 1.92. The van der Waals surface area contributed by atoms with Crippen LogP contribution in [0.5, 0.6) is 0 Å². The number of nitrogens with one attached hydrogen (secondary N) is 2. The lowest BCUT2D eigenvalue weighted by atomic mass is 10.2. The Morgan fingerprint density at radius 2 is 1.77 bits per heavy atom. The second-order valence-electron chi connectivity index (χ2n) is 7.06. The van der Waals surface area contributed by atoms with Gasteiger partial charge in [-0.3, -0.25) is 9.59 Å². The molecule has 0 atom stereocenters. The van der Waals surface area contributed by atoms with Gasteiger partial charge < -0.3 is 20.3 Å². The summed E-state index contributed by atoms with van der Waals surface area (Å²) in [5.74, 6) is 0.135. The van der Waals surface area contributed by atoms with Crippen LogP contribution in [0.25, 0.3) is 0 Å². The highest BCUT2D eigenvalue weighted by Gasteiger charge is 2.16. The van der Waals surface area contributed by atoms with Crippen LogP contribution in [0.2, 0.25) is 0 Å². The van der Waals surface area contributed by atoms with Crippen molar-refractivity contribution in [2.45, 2.75) is 39.3 Å². The fourth-order valence-electron chi connectivity index (χ4n) is 1.92. The predicted octanol–water partition coefficient (Wildman–Crippen LogP) is 1.54. The Labute approximate surface area is 155 Å². The molecule has 0 aliphatic carbocycles. The van der Waals surface area contributed by atoms with Crippen LogP contribution in [0.3, 0.4) is 0 Å². The molecule has 0 bridgehead atoms. The third-order valence-corrected chi connectivity index (χ3v) is 3.21. The first-order valence-corrected chi connectivity index (χ1v) is 8.65. The molecule has 26 heavy (non-hydrogen) atoms. The van der Waals surface area contributed by atoms with Crippen LogP contribution in [0, 0.1) is 0 Å². The average molecular weight is 362 g/mol. The normalized spacial score (nSPS) is 11.7. The molecule has 0 radical (unpaired) electrons. The Bertz CT molecular complexity index is 607. The molecule has 0 aromatic heterocycles. The van der Waals surface area contributed by atoms with Gasteiger partial charge >= 0.3 is 5.97 Å². The zero-order valence-electron chi connectivity index (χ0n) is 16.3. The quantitative estimate of drug-likeness (QED) is 0.437. The lowest BCUT2D eigenvalue weighted by Gasteiger charge is -2.20. The molecule has 0 aliphatic heterocycles.